The Labute approximate surface area is 194 Å². The van der Waals surface area contributed by atoms with Gasteiger partial charge in [-0.25, -0.2) is 4.39 Å². The molecule has 0 fully saturated rings. The second-order valence-corrected chi connectivity index (χ2v) is 7.83. The van der Waals surface area contributed by atoms with Gasteiger partial charge in [-0.1, -0.05) is 72.3 Å². The number of benzene rings is 3. The number of para-hydroxylation sites is 1. The third-order valence-electron chi connectivity index (χ3n) is 5.28. The van der Waals surface area contributed by atoms with E-state index in [1.54, 1.807) is 12.1 Å². The molecular weight excluding hydrogens is 419 g/mol. The summed E-state index contributed by atoms with van der Waals surface area (Å²) in [6.45, 7) is 4.13. The Morgan fingerprint density at radius 1 is 0.939 bits per heavy atom. The van der Waals surface area contributed by atoms with E-state index in [1.807, 2.05) is 68.4 Å². The maximum atomic E-state index is 14.0. The molecule has 1 N–H and O–H groups in total. The summed E-state index contributed by atoms with van der Waals surface area (Å²) < 4.78 is 19.5. The number of nitrogens with zero attached hydrogens (tertiary/aromatic N) is 1. The van der Waals surface area contributed by atoms with Gasteiger partial charge in [0.25, 0.3) is 5.91 Å². The summed E-state index contributed by atoms with van der Waals surface area (Å²) in [5.41, 5.74) is 2.93. The number of nitrogens with one attached hydrogen (secondary N) is 1. The smallest absolute Gasteiger partial charge is 0.261 e. The lowest BCUT2D eigenvalue weighted by Gasteiger charge is -2.31. The molecule has 6 heteroatoms. The maximum absolute atomic E-state index is 14.0. The van der Waals surface area contributed by atoms with Gasteiger partial charge < -0.3 is 15.0 Å². The van der Waals surface area contributed by atoms with Crippen LogP contribution in [0.4, 0.5) is 4.39 Å². The van der Waals surface area contributed by atoms with Gasteiger partial charge in [-0.15, -0.1) is 0 Å². The highest BCUT2D eigenvalue weighted by molar-refractivity contribution is 5.88. The van der Waals surface area contributed by atoms with E-state index in [0.717, 1.165) is 16.7 Å². The Hall–Kier alpha value is -3.67. The van der Waals surface area contributed by atoms with Crippen LogP contribution in [0.5, 0.6) is 5.75 Å². The third-order valence-corrected chi connectivity index (χ3v) is 5.28. The topological polar surface area (TPSA) is 58.6 Å². The zero-order valence-corrected chi connectivity index (χ0v) is 19.0. The minimum Gasteiger partial charge on any atom is -0.481 e. The van der Waals surface area contributed by atoms with Crippen LogP contribution >= 0.6 is 0 Å². The fraction of sp³-hybridized carbons (Fsp3) is 0.259. The molecule has 0 aromatic heterocycles. The third kappa shape index (κ3) is 6.91. The van der Waals surface area contributed by atoms with Crippen molar-refractivity contribution in [3.8, 4) is 5.75 Å². The number of carbonyl (C=O) groups is 2. The van der Waals surface area contributed by atoms with Gasteiger partial charge in [0.15, 0.2) is 18.2 Å². The molecule has 0 aliphatic carbocycles. The first-order valence-corrected chi connectivity index (χ1v) is 11.0. The average Bonchev–Trinajstić information content (AvgIpc) is 2.82. The van der Waals surface area contributed by atoms with Crippen molar-refractivity contribution in [2.24, 2.45) is 0 Å². The first-order chi connectivity index (χ1) is 16.0. The molecule has 33 heavy (non-hydrogen) atoms. The van der Waals surface area contributed by atoms with Crippen LogP contribution in [0.3, 0.4) is 0 Å². The van der Waals surface area contributed by atoms with E-state index in [-0.39, 0.29) is 24.8 Å². The van der Waals surface area contributed by atoms with Crippen molar-refractivity contribution in [2.75, 3.05) is 13.2 Å². The molecule has 2 amide bonds. The van der Waals surface area contributed by atoms with E-state index >= 15 is 0 Å². The monoisotopic (exact) mass is 448 g/mol. The fourth-order valence-electron chi connectivity index (χ4n) is 3.52. The van der Waals surface area contributed by atoms with Crippen LogP contribution in [0, 0.1) is 12.7 Å². The van der Waals surface area contributed by atoms with Crippen molar-refractivity contribution in [3.05, 3.63) is 101 Å². The van der Waals surface area contributed by atoms with Gasteiger partial charge in [-0.3, -0.25) is 9.59 Å². The van der Waals surface area contributed by atoms with Crippen molar-refractivity contribution in [1.29, 1.82) is 0 Å². The van der Waals surface area contributed by atoms with Gasteiger partial charge in [-0.2, -0.15) is 0 Å². The summed E-state index contributed by atoms with van der Waals surface area (Å²) in [5, 5.41) is 2.85. The summed E-state index contributed by atoms with van der Waals surface area (Å²) in [5.74, 6) is -1.18. The second kappa shape index (κ2) is 11.8. The minimum absolute atomic E-state index is 0.00115. The Morgan fingerprint density at radius 3 is 2.27 bits per heavy atom. The SMILES string of the molecule is CCNC(=O)[C@H](Cc1ccccc1)N(Cc1ccc(C)cc1)C(=O)COc1ccccc1F. The molecule has 1 atom stereocenters. The van der Waals surface area contributed by atoms with E-state index in [0.29, 0.717) is 13.0 Å². The van der Waals surface area contributed by atoms with Crippen LogP contribution in [0.2, 0.25) is 0 Å². The quantitative estimate of drug-likeness (QED) is 0.503. The molecule has 0 unspecified atom stereocenters. The Morgan fingerprint density at radius 2 is 1.61 bits per heavy atom. The summed E-state index contributed by atoms with van der Waals surface area (Å²) in [6.07, 6.45) is 0.351. The molecule has 0 radical (unpaired) electrons. The van der Waals surface area contributed by atoms with Gasteiger partial charge in [0, 0.05) is 19.5 Å². The van der Waals surface area contributed by atoms with Crippen molar-refractivity contribution >= 4 is 11.8 Å². The molecule has 0 aliphatic rings. The number of ether oxygens (including phenoxy) is 1. The predicted molar refractivity (Wildman–Crippen MR) is 126 cm³/mol. The average molecular weight is 449 g/mol. The molecule has 0 heterocycles. The molecule has 3 aromatic carbocycles. The lowest BCUT2D eigenvalue weighted by atomic mass is 10.0. The van der Waals surface area contributed by atoms with Crippen molar-refractivity contribution < 1.29 is 18.7 Å². The molecule has 0 bridgehead atoms. The van der Waals surface area contributed by atoms with Gasteiger partial charge in [0.1, 0.15) is 6.04 Å². The van der Waals surface area contributed by atoms with E-state index in [1.165, 1.54) is 17.0 Å². The Bertz CT molecular complexity index is 1050. The van der Waals surface area contributed by atoms with Crippen LogP contribution in [-0.2, 0) is 22.6 Å². The predicted octanol–water partition coefficient (Wildman–Crippen LogP) is 4.29. The first kappa shape index (κ1) is 24.0. The van der Waals surface area contributed by atoms with Gasteiger partial charge >= 0.3 is 0 Å². The molecule has 3 rings (SSSR count). The lowest BCUT2D eigenvalue weighted by Crippen LogP contribution is -2.51. The highest BCUT2D eigenvalue weighted by atomic mass is 19.1. The summed E-state index contributed by atoms with van der Waals surface area (Å²) in [4.78, 5) is 27.9. The number of rotatable bonds is 10. The largest absolute Gasteiger partial charge is 0.481 e. The molecular formula is C27H29FN2O3. The van der Waals surface area contributed by atoms with Gasteiger partial charge in [0.2, 0.25) is 5.91 Å². The number of hydrogen-bond donors (Lipinski definition) is 1. The van der Waals surface area contributed by atoms with Crippen LogP contribution in [0.1, 0.15) is 23.6 Å². The number of amides is 2. The number of carbonyl (C=O) groups excluding carboxylic acids is 2. The minimum atomic E-state index is -0.745. The van der Waals surface area contributed by atoms with E-state index in [4.69, 9.17) is 4.74 Å². The maximum Gasteiger partial charge on any atom is 0.261 e. The lowest BCUT2D eigenvalue weighted by molar-refractivity contribution is -0.142. The van der Waals surface area contributed by atoms with Crippen LogP contribution in [0.15, 0.2) is 78.9 Å². The van der Waals surface area contributed by atoms with Crippen molar-refractivity contribution in [1.82, 2.24) is 10.2 Å². The normalized spacial score (nSPS) is 11.5. The number of likely N-dealkylation sites (N-methyl/N-ethyl adjacent to an activating group) is 1. The van der Waals surface area contributed by atoms with Crippen molar-refractivity contribution in [2.45, 2.75) is 32.9 Å². The van der Waals surface area contributed by atoms with E-state index < -0.39 is 17.8 Å². The molecule has 0 saturated carbocycles. The highest BCUT2D eigenvalue weighted by Crippen LogP contribution is 2.18. The Kier molecular flexibility index (Phi) is 8.58. The van der Waals surface area contributed by atoms with Crippen LogP contribution in [-0.4, -0.2) is 35.9 Å². The summed E-state index contributed by atoms with van der Waals surface area (Å²) >= 11 is 0. The van der Waals surface area contributed by atoms with Gasteiger partial charge in [-0.05, 0) is 37.1 Å². The Balaban J connectivity index is 1.89. The second-order valence-electron chi connectivity index (χ2n) is 7.83. The van der Waals surface area contributed by atoms with Gasteiger partial charge in [0.05, 0.1) is 0 Å². The molecule has 172 valence electrons. The summed E-state index contributed by atoms with van der Waals surface area (Å²) in [6, 6.07) is 22.6. The van der Waals surface area contributed by atoms with E-state index in [2.05, 4.69) is 5.32 Å². The molecule has 0 saturated heterocycles. The molecule has 0 spiro atoms. The first-order valence-electron chi connectivity index (χ1n) is 11.0. The molecule has 5 nitrogen and oxygen atoms in total. The zero-order valence-electron chi connectivity index (χ0n) is 19.0. The van der Waals surface area contributed by atoms with Crippen LogP contribution < -0.4 is 10.1 Å². The highest BCUT2D eigenvalue weighted by Gasteiger charge is 2.30. The summed E-state index contributed by atoms with van der Waals surface area (Å²) in [7, 11) is 0. The fourth-order valence-corrected chi connectivity index (χ4v) is 3.52. The number of aryl methyl sites for hydroxylation is 1. The molecule has 3 aromatic rings. The zero-order chi connectivity index (χ0) is 23.6. The standard InChI is InChI=1S/C27H29FN2O3/c1-3-29-27(32)24(17-21-9-5-4-6-10-21)30(18-22-15-13-20(2)14-16-22)26(31)19-33-25-12-8-7-11-23(25)28/h4-16,24H,3,17-19H2,1-2H3,(H,29,32)/t24-/m0/s1. The van der Waals surface area contributed by atoms with Crippen LogP contribution in [0.25, 0.3) is 0 Å². The molecule has 0 aliphatic heterocycles. The van der Waals surface area contributed by atoms with Crippen molar-refractivity contribution in [3.63, 3.8) is 0 Å². The number of halogens is 1. The number of hydrogen-bond acceptors (Lipinski definition) is 3. The van der Waals surface area contributed by atoms with E-state index in [9.17, 15) is 14.0 Å².